The molecule has 1 aromatic carbocycles. The summed E-state index contributed by atoms with van der Waals surface area (Å²) in [7, 11) is 0. The van der Waals surface area contributed by atoms with Gasteiger partial charge in [0.25, 0.3) is 5.89 Å². The number of fused-ring (bicyclic) bond motifs is 1. The SMILES string of the molecule is Cc1nc(C)c(CNc2nnc(C3COc4ccccc4O3)o2)s1. The van der Waals surface area contributed by atoms with Gasteiger partial charge in [0, 0.05) is 4.88 Å². The van der Waals surface area contributed by atoms with Gasteiger partial charge >= 0.3 is 6.01 Å². The van der Waals surface area contributed by atoms with Crippen molar-refractivity contribution in [2.45, 2.75) is 26.5 Å². The van der Waals surface area contributed by atoms with Gasteiger partial charge in [-0.2, -0.15) is 0 Å². The van der Waals surface area contributed by atoms with E-state index in [1.165, 1.54) is 0 Å². The molecule has 0 spiro atoms. The number of aryl methyl sites for hydroxylation is 2. The maximum Gasteiger partial charge on any atom is 0.315 e. The van der Waals surface area contributed by atoms with Crippen LogP contribution in [0.5, 0.6) is 11.5 Å². The molecule has 8 heteroatoms. The zero-order chi connectivity index (χ0) is 16.5. The van der Waals surface area contributed by atoms with Gasteiger partial charge in [-0.15, -0.1) is 16.4 Å². The van der Waals surface area contributed by atoms with Gasteiger partial charge in [0.2, 0.25) is 6.10 Å². The Balaban J connectivity index is 1.43. The standard InChI is InChI=1S/C16H16N4O3S/c1-9-14(24-10(2)18-9)7-17-16-20-19-15(23-16)13-8-21-11-5-3-4-6-12(11)22-13/h3-6,13H,7-8H2,1-2H3,(H,17,20). The average Bonchev–Trinajstić information content (AvgIpc) is 3.18. The first kappa shape index (κ1) is 14.9. The number of rotatable bonds is 4. The van der Waals surface area contributed by atoms with Crippen molar-refractivity contribution in [2.75, 3.05) is 11.9 Å². The van der Waals surface area contributed by atoms with E-state index in [0.717, 1.165) is 21.3 Å². The van der Waals surface area contributed by atoms with Crippen LogP contribution in [0.25, 0.3) is 0 Å². The molecule has 1 N–H and O–H groups in total. The molecule has 0 fully saturated rings. The molecule has 1 atom stereocenters. The third-order valence-corrected chi connectivity index (χ3v) is 4.70. The number of nitrogens with zero attached hydrogens (tertiary/aromatic N) is 3. The molecule has 1 aliphatic rings. The van der Waals surface area contributed by atoms with Crippen molar-refractivity contribution in [1.29, 1.82) is 0 Å². The van der Waals surface area contributed by atoms with Crippen LogP contribution in [0, 0.1) is 13.8 Å². The van der Waals surface area contributed by atoms with Crippen LogP contribution in [0.1, 0.15) is 27.6 Å². The third-order valence-electron chi connectivity index (χ3n) is 3.62. The first-order valence-electron chi connectivity index (χ1n) is 7.57. The minimum atomic E-state index is -0.407. The molecule has 124 valence electrons. The van der Waals surface area contributed by atoms with Crippen molar-refractivity contribution in [3.8, 4) is 11.5 Å². The van der Waals surface area contributed by atoms with Crippen LogP contribution in [0.2, 0.25) is 0 Å². The van der Waals surface area contributed by atoms with Crippen molar-refractivity contribution in [1.82, 2.24) is 15.2 Å². The molecule has 0 radical (unpaired) electrons. The number of benzene rings is 1. The summed E-state index contributed by atoms with van der Waals surface area (Å²) in [4.78, 5) is 5.55. The van der Waals surface area contributed by atoms with Gasteiger partial charge in [-0.25, -0.2) is 4.98 Å². The lowest BCUT2D eigenvalue weighted by Gasteiger charge is -2.23. The van der Waals surface area contributed by atoms with E-state index in [0.29, 0.717) is 30.8 Å². The monoisotopic (exact) mass is 344 g/mol. The van der Waals surface area contributed by atoms with Crippen LogP contribution in [0.15, 0.2) is 28.7 Å². The van der Waals surface area contributed by atoms with Gasteiger partial charge in [-0.05, 0) is 26.0 Å². The van der Waals surface area contributed by atoms with Crippen LogP contribution in [0.4, 0.5) is 6.01 Å². The van der Waals surface area contributed by atoms with E-state index in [9.17, 15) is 0 Å². The zero-order valence-corrected chi connectivity index (χ0v) is 14.1. The van der Waals surface area contributed by atoms with E-state index in [2.05, 4.69) is 20.5 Å². The molecule has 7 nitrogen and oxygen atoms in total. The average molecular weight is 344 g/mol. The molecule has 3 heterocycles. The summed E-state index contributed by atoms with van der Waals surface area (Å²) in [6.45, 7) is 4.92. The molecule has 0 amide bonds. The Morgan fingerprint density at radius 1 is 1.21 bits per heavy atom. The Kier molecular flexibility index (Phi) is 3.81. The lowest BCUT2D eigenvalue weighted by molar-refractivity contribution is 0.0717. The van der Waals surface area contributed by atoms with E-state index in [4.69, 9.17) is 13.9 Å². The van der Waals surface area contributed by atoms with Gasteiger partial charge in [0.1, 0.15) is 6.61 Å². The first-order chi connectivity index (χ1) is 11.7. The lowest BCUT2D eigenvalue weighted by atomic mass is 10.2. The van der Waals surface area contributed by atoms with Crippen molar-refractivity contribution in [3.63, 3.8) is 0 Å². The summed E-state index contributed by atoms with van der Waals surface area (Å²) < 4.78 is 17.2. The Bertz CT molecular complexity index is 861. The molecular formula is C16H16N4O3S. The minimum absolute atomic E-state index is 0.339. The highest BCUT2D eigenvalue weighted by Crippen LogP contribution is 2.35. The second-order valence-corrected chi connectivity index (χ2v) is 6.69. The summed E-state index contributed by atoms with van der Waals surface area (Å²) in [5.41, 5.74) is 1.02. The molecule has 2 aromatic heterocycles. The Morgan fingerprint density at radius 2 is 2.04 bits per heavy atom. The first-order valence-corrected chi connectivity index (χ1v) is 8.39. The maximum atomic E-state index is 5.86. The lowest BCUT2D eigenvalue weighted by Crippen LogP contribution is -2.21. The molecule has 4 rings (SSSR count). The summed E-state index contributed by atoms with van der Waals surface area (Å²) in [5, 5.41) is 12.2. The fourth-order valence-electron chi connectivity index (χ4n) is 2.47. The van der Waals surface area contributed by atoms with E-state index < -0.39 is 6.10 Å². The normalized spacial score (nSPS) is 16.2. The number of thiazole rings is 1. The largest absolute Gasteiger partial charge is 0.485 e. The number of hydrogen-bond donors (Lipinski definition) is 1. The van der Waals surface area contributed by atoms with Crippen LogP contribution in [0.3, 0.4) is 0 Å². The highest BCUT2D eigenvalue weighted by atomic mass is 32.1. The van der Waals surface area contributed by atoms with Crippen molar-refractivity contribution in [2.24, 2.45) is 0 Å². The Morgan fingerprint density at radius 3 is 2.83 bits per heavy atom. The highest BCUT2D eigenvalue weighted by molar-refractivity contribution is 7.11. The fourth-order valence-corrected chi connectivity index (χ4v) is 3.35. The van der Waals surface area contributed by atoms with E-state index >= 15 is 0 Å². The third kappa shape index (κ3) is 2.92. The topological polar surface area (TPSA) is 82.3 Å². The van der Waals surface area contributed by atoms with Crippen molar-refractivity contribution < 1.29 is 13.9 Å². The van der Waals surface area contributed by atoms with Crippen LogP contribution in [-0.4, -0.2) is 21.8 Å². The number of aromatic nitrogens is 3. The molecular weight excluding hydrogens is 328 g/mol. The summed E-state index contributed by atoms with van der Waals surface area (Å²) in [6, 6.07) is 7.88. The summed E-state index contributed by atoms with van der Waals surface area (Å²) >= 11 is 1.65. The highest BCUT2D eigenvalue weighted by Gasteiger charge is 2.27. The van der Waals surface area contributed by atoms with Gasteiger partial charge < -0.3 is 19.2 Å². The zero-order valence-electron chi connectivity index (χ0n) is 13.3. The molecule has 0 aliphatic carbocycles. The predicted molar refractivity (Wildman–Crippen MR) is 88.5 cm³/mol. The van der Waals surface area contributed by atoms with Crippen LogP contribution < -0.4 is 14.8 Å². The maximum absolute atomic E-state index is 5.86. The minimum Gasteiger partial charge on any atom is -0.485 e. The second-order valence-electron chi connectivity index (χ2n) is 5.40. The second kappa shape index (κ2) is 6.12. The molecule has 24 heavy (non-hydrogen) atoms. The summed E-state index contributed by atoms with van der Waals surface area (Å²) in [6.07, 6.45) is -0.407. The van der Waals surface area contributed by atoms with Gasteiger partial charge in [0.05, 0.1) is 17.2 Å². The van der Waals surface area contributed by atoms with E-state index in [1.54, 1.807) is 11.3 Å². The molecule has 0 saturated carbocycles. The molecule has 0 bridgehead atoms. The number of anilines is 1. The van der Waals surface area contributed by atoms with E-state index in [-0.39, 0.29) is 0 Å². The number of nitrogens with one attached hydrogen (secondary N) is 1. The summed E-state index contributed by atoms with van der Waals surface area (Å²) in [5.74, 6) is 1.80. The van der Waals surface area contributed by atoms with Crippen LogP contribution >= 0.6 is 11.3 Å². The van der Waals surface area contributed by atoms with E-state index in [1.807, 2.05) is 38.1 Å². The van der Waals surface area contributed by atoms with Crippen molar-refractivity contribution in [3.05, 3.63) is 45.7 Å². The Hall–Kier alpha value is -2.61. The van der Waals surface area contributed by atoms with Gasteiger partial charge in [0.15, 0.2) is 11.5 Å². The predicted octanol–water partition coefficient (Wildman–Crippen LogP) is 3.27. The van der Waals surface area contributed by atoms with Gasteiger partial charge in [-0.1, -0.05) is 17.2 Å². The number of ether oxygens (including phenoxy) is 2. The number of para-hydroxylation sites is 2. The quantitative estimate of drug-likeness (QED) is 0.778. The van der Waals surface area contributed by atoms with Crippen LogP contribution in [-0.2, 0) is 6.54 Å². The van der Waals surface area contributed by atoms with Crippen molar-refractivity contribution >= 4 is 17.4 Å². The van der Waals surface area contributed by atoms with Gasteiger partial charge in [-0.3, -0.25) is 0 Å². The number of hydrogen-bond acceptors (Lipinski definition) is 8. The molecule has 1 unspecified atom stereocenters. The molecule has 3 aromatic rings. The Labute approximate surface area is 142 Å². The smallest absolute Gasteiger partial charge is 0.315 e. The fraction of sp³-hybridized carbons (Fsp3) is 0.312. The molecule has 0 saturated heterocycles. The molecule has 1 aliphatic heterocycles.